The van der Waals surface area contributed by atoms with E-state index in [1.165, 1.54) is 23.9 Å². The molecule has 1 amide bonds. The van der Waals surface area contributed by atoms with Gasteiger partial charge in [-0.05, 0) is 19.1 Å². The molecule has 1 aromatic carbocycles. The third-order valence-electron chi connectivity index (χ3n) is 2.77. The molecular weight excluding hydrogens is 319 g/mol. The lowest BCUT2D eigenvalue weighted by Crippen LogP contribution is -2.22. The molecule has 0 saturated carbocycles. The summed E-state index contributed by atoms with van der Waals surface area (Å²) in [5.41, 5.74) is 4.54. The predicted octanol–water partition coefficient (Wildman–Crippen LogP) is 2.86. The molecule has 22 heavy (non-hydrogen) atoms. The van der Waals surface area contributed by atoms with Gasteiger partial charge in [0.25, 0.3) is 0 Å². The first-order valence-corrected chi connectivity index (χ1v) is 7.23. The number of aromatic nitrogens is 2. The Hall–Kier alpha value is -2.03. The summed E-state index contributed by atoms with van der Waals surface area (Å²) in [5, 5.41) is 3.22. The van der Waals surface area contributed by atoms with Crippen LogP contribution in [0.4, 0.5) is 13.2 Å². The molecule has 9 heteroatoms. The van der Waals surface area contributed by atoms with Gasteiger partial charge in [-0.25, -0.2) is 0 Å². The van der Waals surface area contributed by atoms with Gasteiger partial charge in [0, 0.05) is 5.56 Å². The lowest BCUT2D eigenvalue weighted by molar-refractivity contribution is -0.137. The van der Waals surface area contributed by atoms with Crippen molar-refractivity contribution in [2.45, 2.75) is 24.1 Å². The summed E-state index contributed by atoms with van der Waals surface area (Å²) < 4.78 is 42.9. The highest BCUT2D eigenvalue weighted by molar-refractivity contribution is 7.99. The van der Waals surface area contributed by atoms with Crippen molar-refractivity contribution < 1.29 is 22.5 Å². The zero-order chi connectivity index (χ0) is 16.3. The zero-order valence-electron chi connectivity index (χ0n) is 11.4. The standard InChI is InChI=1S/C13H12F3N3O2S/c1-7(11(17)20)22-6-10-18-12(19-21-10)8-3-2-4-9(5-8)13(14,15)16/h2-5,7H,6H2,1H3,(H2,17,20). The van der Waals surface area contributed by atoms with Gasteiger partial charge in [-0.2, -0.15) is 18.2 Å². The number of nitrogens with two attached hydrogens (primary N) is 1. The normalized spacial score (nSPS) is 13.1. The van der Waals surface area contributed by atoms with E-state index in [1.807, 2.05) is 0 Å². The number of primary amides is 1. The van der Waals surface area contributed by atoms with E-state index in [0.717, 1.165) is 12.1 Å². The van der Waals surface area contributed by atoms with Gasteiger partial charge in [0.1, 0.15) is 0 Å². The van der Waals surface area contributed by atoms with Gasteiger partial charge in [-0.3, -0.25) is 4.79 Å². The Labute approximate surface area is 128 Å². The Morgan fingerprint density at radius 3 is 2.82 bits per heavy atom. The zero-order valence-corrected chi connectivity index (χ0v) is 12.2. The van der Waals surface area contributed by atoms with Gasteiger partial charge in [-0.15, -0.1) is 11.8 Å². The van der Waals surface area contributed by atoms with E-state index in [2.05, 4.69) is 10.1 Å². The number of hydrogen-bond donors (Lipinski definition) is 1. The van der Waals surface area contributed by atoms with Crippen molar-refractivity contribution in [3.8, 4) is 11.4 Å². The smallest absolute Gasteiger partial charge is 0.369 e. The second-order valence-electron chi connectivity index (χ2n) is 4.45. The Kier molecular flexibility index (Phi) is 4.74. The lowest BCUT2D eigenvalue weighted by Gasteiger charge is -2.06. The molecule has 0 aliphatic carbocycles. The summed E-state index contributed by atoms with van der Waals surface area (Å²) in [7, 11) is 0. The van der Waals surface area contributed by atoms with E-state index >= 15 is 0 Å². The topological polar surface area (TPSA) is 82.0 Å². The van der Waals surface area contributed by atoms with Crippen LogP contribution in [0, 0.1) is 0 Å². The van der Waals surface area contributed by atoms with Crippen molar-refractivity contribution in [3.63, 3.8) is 0 Å². The molecule has 0 spiro atoms. The van der Waals surface area contributed by atoms with Gasteiger partial charge >= 0.3 is 6.18 Å². The van der Waals surface area contributed by atoms with Crippen molar-refractivity contribution in [1.29, 1.82) is 0 Å². The number of carbonyl (C=O) groups is 1. The highest BCUT2D eigenvalue weighted by Crippen LogP contribution is 2.31. The van der Waals surface area contributed by atoms with Gasteiger partial charge in [-0.1, -0.05) is 17.3 Å². The quantitative estimate of drug-likeness (QED) is 0.911. The van der Waals surface area contributed by atoms with Gasteiger partial charge in [0.15, 0.2) is 0 Å². The number of rotatable bonds is 5. The maximum absolute atomic E-state index is 12.7. The first kappa shape index (κ1) is 16.3. The van der Waals surface area contributed by atoms with Crippen LogP contribution in [0.15, 0.2) is 28.8 Å². The van der Waals surface area contributed by atoms with Crippen LogP contribution in [0.25, 0.3) is 11.4 Å². The molecule has 1 aromatic heterocycles. The van der Waals surface area contributed by atoms with Crippen molar-refractivity contribution in [1.82, 2.24) is 10.1 Å². The van der Waals surface area contributed by atoms with Gasteiger partial charge in [0.2, 0.25) is 17.6 Å². The Morgan fingerprint density at radius 2 is 2.18 bits per heavy atom. The van der Waals surface area contributed by atoms with Crippen molar-refractivity contribution in [2.75, 3.05) is 0 Å². The second-order valence-corrected chi connectivity index (χ2v) is 5.78. The summed E-state index contributed by atoms with van der Waals surface area (Å²) in [6, 6.07) is 4.66. The fourth-order valence-corrected chi connectivity index (χ4v) is 2.22. The van der Waals surface area contributed by atoms with E-state index in [9.17, 15) is 18.0 Å². The monoisotopic (exact) mass is 331 g/mol. The molecule has 2 N–H and O–H groups in total. The number of carbonyl (C=O) groups excluding carboxylic acids is 1. The second kappa shape index (κ2) is 6.39. The maximum Gasteiger partial charge on any atom is 0.416 e. The minimum Gasteiger partial charge on any atom is -0.369 e. The number of alkyl halides is 3. The highest BCUT2D eigenvalue weighted by atomic mass is 32.2. The molecule has 0 bridgehead atoms. The van der Waals surface area contributed by atoms with Crippen LogP contribution in [0.5, 0.6) is 0 Å². The molecule has 0 aliphatic heterocycles. The van der Waals surface area contributed by atoms with E-state index in [4.69, 9.17) is 10.3 Å². The SMILES string of the molecule is CC(SCc1nc(-c2cccc(C(F)(F)F)c2)no1)C(N)=O. The number of amides is 1. The van der Waals surface area contributed by atoms with E-state index in [0.29, 0.717) is 0 Å². The summed E-state index contributed by atoms with van der Waals surface area (Å²) in [6.45, 7) is 1.64. The average molecular weight is 331 g/mol. The van der Waals surface area contributed by atoms with Crippen LogP contribution in [0.2, 0.25) is 0 Å². The summed E-state index contributed by atoms with van der Waals surface area (Å²) in [4.78, 5) is 14.9. The molecule has 0 aliphatic rings. The van der Waals surface area contributed by atoms with Crippen molar-refractivity contribution in [2.24, 2.45) is 5.73 Å². The molecule has 5 nitrogen and oxygen atoms in total. The van der Waals surface area contributed by atoms with Crippen LogP contribution >= 0.6 is 11.8 Å². The van der Waals surface area contributed by atoms with Crippen molar-refractivity contribution in [3.05, 3.63) is 35.7 Å². The highest BCUT2D eigenvalue weighted by Gasteiger charge is 2.30. The Morgan fingerprint density at radius 1 is 1.45 bits per heavy atom. The van der Waals surface area contributed by atoms with E-state index < -0.39 is 22.9 Å². The van der Waals surface area contributed by atoms with Gasteiger partial charge in [0.05, 0.1) is 16.6 Å². The van der Waals surface area contributed by atoms with Gasteiger partial charge < -0.3 is 10.3 Å². The fourth-order valence-electron chi connectivity index (χ4n) is 1.54. The Balaban J connectivity index is 2.13. The summed E-state index contributed by atoms with van der Waals surface area (Å²) in [5.74, 6) is 0.0531. The van der Waals surface area contributed by atoms with Crippen LogP contribution < -0.4 is 5.73 Å². The number of halogens is 3. The third kappa shape index (κ3) is 4.00. The van der Waals surface area contributed by atoms with Crippen molar-refractivity contribution >= 4 is 17.7 Å². The molecule has 118 valence electrons. The Bertz CT molecular complexity index is 673. The number of nitrogens with zero attached hydrogens (tertiary/aromatic N) is 2. The number of benzene rings is 1. The molecule has 1 atom stereocenters. The molecule has 2 aromatic rings. The third-order valence-corrected chi connectivity index (χ3v) is 3.92. The molecule has 0 saturated heterocycles. The molecule has 1 heterocycles. The van der Waals surface area contributed by atoms with E-state index in [1.54, 1.807) is 6.92 Å². The minimum absolute atomic E-state index is 0.0634. The summed E-state index contributed by atoms with van der Waals surface area (Å²) >= 11 is 1.20. The van der Waals surface area contributed by atoms with Crippen LogP contribution in [0.1, 0.15) is 18.4 Å². The first-order valence-electron chi connectivity index (χ1n) is 6.18. The minimum atomic E-state index is -4.44. The molecule has 2 rings (SSSR count). The molecule has 0 radical (unpaired) electrons. The fraction of sp³-hybridized carbons (Fsp3) is 0.308. The number of hydrogen-bond acceptors (Lipinski definition) is 5. The van der Waals surface area contributed by atoms with Crippen LogP contribution in [-0.2, 0) is 16.7 Å². The molecule has 1 unspecified atom stereocenters. The number of thioether (sulfide) groups is 1. The first-order chi connectivity index (χ1) is 10.3. The molecular formula is C13H12F3N3O2S. The molecule has 0 fully saturated rings. The predicted molar refractivity (Wildman–Crippen MR) is 74.7 cm³/mol. The largest absolute Gasteiger partial charge is 0.416 e. The van der Waals surface area contributed by atoms with E-state index in [-0.39, 0.29) is 23.0 Å². The summed E-state index contributed by atoms with van der Waals surface area (Å²) in [6.07, 6.45) is -4.44. The van der Waals surface area contributed by atoms with Crippen LogP contribution in [-0.4, -0.2) is 21.3 Å². The van der Waals surface area contributed by atoms with Crippen LogP contribution in [0.3, 0.4) is 0 Å². The maximum atomic E-state index is 12.7. The average Bonchev–Trinajstić information content (AvgIpc) is 2.92. The lowest BCUT2D eigenvalue weighted by atomic mass is 10.1.